The van der Waals surface area contributed by atoms with Gasteiger partial charge in [-0.05, 0) is 69.5 Å². The molecule has 1 aromatic carbocycles. The third-order valence-electron chi connectivity index (χ3n) is 3.12. The molecule has 0 atom stereocenters. The lowest BCUT2D eigenvalue weighted by molar-refractivity contribution is 0.241. The number of nitrogens with one attached hydrogen (secondary N) is 1. The van der Waals surface area contributed by atoms with Gasteiger partial charge in [-0.2, -0.15) is 0 Å². The Hall–Kier alpha value is -1.09. The van der Waals surface area contributed by atoms with Crippen LogP contribution in [0, 0.1) is 5.82 Å². The second-order valence-electron chi connectivity index (χ2n) is 4.87. The van der Waals surface area contributed by atoms with E-state index < -0.39 is 0 Å². The molecule has 94 valence electrons. The third kappa shape index (κ3) is 3.19. The Morgan fingerprint density at radius 1 is 1.29 bits per heavy atom. The molecule has 1 aliphatic rings. The topological polar surface area (TPSA) is 21.3 Å². The molecule has 1 aliphatic heterocycles. The first-order valence-corrected chi connectivity index (χ1v) is 6.33. The van der Waals surface area contributed by atoms with Crippen LogP contribution in [0.1, 0.15) is 38.2 Å². The molecule has 0 saturated carbocycles. The Morgan fingerprint density at radius 3 is 2.65 bits per heavy atom. The molecule has 0 spiro atoms. The van der Waals surface area contributed by atoms with Crippen LogP contribution in [0.3, 0.4) is 0 Å². The molecule has 1 aromatic rings. The van der Waals surface area contributed by atoms with Gasteiger partial charge in [-0.3, -0.25) is 0 Å². The predicted octanol–water partition coefficient (Wildman–Crippen LogP) is 3.08. The number of hydrogen-bond acceptors (Lipinski definition) is 2. The van der Waals surface area contributed by atoms with Crippen LogP contribution in [0.25, 0.3) is 0 Å². The normalized spacial score (nSPS) is 17.4. The second kappa shape index (κ2) is 5.50. The van der Waals surface area contributed by atoms with Crippen molar-refractivity contribution in [3.8, 4) is 5.75 Å². The number of ether oxygens (including phenoxy) is 1. The van der Waals surface area contributed by atoms with Crippen molar-refractivity contribution < 1.29 is 9.13 Å². The van der Waals surface area contributed by atoms with E-state index in [1.807, 2.05) is 19.9 Å². The third-order valence-corrected chi connectivity index (χ3v) is 3.12. The van der Waals surface area contributed by atoms with E-state index in [4.69, 9.17) is 4.74 Å². The fourth-order valence-corrected chi connectivity index (χ4v) is 2.31. The summed E-state index contributed by atoms with van der Waals surface area (Å²) >= 11 is 0. The number of halogens is 1. The molecule has 3 heteroatoms. The molecule has 0 radical (unpaired) electrons. The van der Waals surface area contributed by atoms with Crippen molar-refractivity contribution in [2.45, 2.75) is 38.7 Å². The molecular weight excluding hydrogens is 217 g/mol. The van der Waals surface area contributed by atoms with Crippen LogP contribution in [0.15, 0.2) is 18.2 Å². The van der Waals surface area contributed by atoms with Gasteiger partial charge in [0.25, 0.3) is 0 Å². The fraction of sp³-hybridized carbons (Fsp3) is 0.571. The lowest BCUT2D eigenvalue weighted by Crippen LogP contribution is -2.27. The minimum Gasteiger partial charge on any atom is -0.491 e. The van der Waals surface area contributed by atoms with E-state index in [1.165, 1.54) is 6.07 Å². The standard InChI is InChI=1S/C14H20FNO/c1-10(2)17-12-3-4-14(15)13(9-12)11-5-7-16-8-6-11/h3-4,9-11,16H,5-8H2,1-2H3. The molecule has 2 rings (SSSR count). The van der Waals surface area contributed by atoms with Gasteiger partial charge in [0.1, 0.15) is 11.6 Å². The van der Waals surface area contributed by atoms with Crippen LogP contribution in [0.4, 0.5) is 4.39 Å². The van der Waals surface area contributed by atoms with E-state index in [1.54, 1.807) is 6.07 Å². The van der Waals surface area contributed by atoms with Crippen LogP contribution in [0.5, 0.6) is 5.75 Å². The van der Waals surface area contributed by atoms with Gasteiger partial charge < -0.3 is 10.1 Å². The maximum atomic E-state index is 13.8. The summed E-state index contributed by atoms with van der Waals surface area (Å²) in [7, 11) is 0. The zero-order valence-corrected chi connectivity index (χ0v) is 10.5. The predicted molar refractivity (Wildman–Crippen MR) is 67.0 cm³/mol. The highest BCUT2D eigenvalue weighted by Gasteiger charge is 2.19. The smallest absolute Gasteiger partial charge is 0.126 e. The highest BCUT2D eigenvalue weighted by atomic mass is 19.1. The van der Waals surface area contributed by atoms with Gasteiger partial charge >= 0.3 is 0 Å². The maximum Gasteiger partial charge on any atom is 0.126 e. The first-order chi connectivity index (χ1) is 8.16. The Labute approximate surface area is 102 Å². The summed E-state index contributed by atoms with van der Waals surface area (Å²) in [5.74, 6) is 0.995. The van der Waals surface area contributed by atoms with Gasteiger partial charge in [0.15, 0.2) is 0 Å². The van der Waals surface area contributed by atoms with Crippen molar-refractivity contribution in [3.05, 3.63) is 29.6 Å². The van der Waals surface area contributed by atoms with Crippen LogP contribution in [0.2, 0.25) is 0 Å². The first kappa shape index (κ1) is 12.4. The molecule has 0 aromatic heterocycles. The maximum absolute atomic E-state index is 13.8. The SMILES string of the molecule is CC(C)Oc1ccc(F)c(C2CCNCC2)c1. The van der Waals surface area contributed by atoms with Crippen LogP contribution < -0.4 is 10.1 Å². The quantitative estimate of drug-likeness (QED) is 0.872. The van der Waals surface area contributed by atoms with Gasteiger partial charge in [-0.1, -0.05) is 0 Å². The summed E-state index contributed by atoms with van der Waals surface area (Å²) in [6, 6.07) is 5.10. The highest BCUT2D eigenvalue weighted by molar-refractivity contribution is 5.32. The molecule has 1 heterocycles. The number of benzene rings is 1. The Bertz CT molecular complexity index is 372. The van der Waals surface area contributed by atoms with Crippen LogP contribution in [-0.4, -0.2) is 19.2 Å². The van der Waals surface area contributed by atoms with Crippen LogP contribution in [-0.2, 0) is 0 Å². The lowest BCUT2D eigenvalue weighted by atomic mass is 9.90. The molecule has 0 amide bonds. The Kier molecular flexibility index (Phi) is 4.00. The van der Waals surface area contributed by atoms with E-state index in [0.717, 1.165) is 37.2 Å². The van der Waals surface area contributed by atoms with Gasteiger partial charge in [0.2, 0.25) is 0 Å². The van der Waals surface area contributed by atoms with Crippen molar-refractivity contribution in [3.63, 3.8) is 0 Å². The molecule has 0 aliphatic carbocycles. The van der Waals surface area contributed by atoms with E-state index in [-0.39, 0.29) is 11.9 Å². The molecule has 0 unspecified atom stereocenters. The number of piperidine rings is 1. The summed E-state index contributed by atoms with van der Waals surface area (Å²) in [4.78, 5) is 0. The minimum absolute atomic E-state index is 0.104. The van der Waals surface area contributed by atoms with Crippen LogP contribution >= 0.6 is 0 Å². The van der Waals surface area contributed by atoms with Gasteiger partial charge in [0.05, 0.1) is 6.10 Å². The molecule has 2 nitrogen and oxygen atoms in total. The molecule has 1 saturated heterocycles. The van der Waals surface area contributed by atoms with Crippen molar-refractivity contribution in [2.24, 2.45) is 0 Å². The van der Waals surface area contributed by atoms with E-state index in [9.17, 15) is 4.39 Å². The average molecular weight is 237 g/mol. The number of hydrogen-bond donors (Lipinski definition) is 1. The zero-order chi connectivity index (χ0) is 12.3. The first-order valence-electron chi connectivity index (χ1n) is 6.33. The monoisotopic (exact) mass is 237 g/mol. The lowest BCUT2D eigenvalue weighted by Gasteiger charge is -2.24. The van der Waals surface area contributed by atoms with Gasteiger partial charge in [0, 0.05) is 0 Å². The molecule has 1 fully saturated rings. The van der Waals surface area contributed by atoms with Gasteiger partial charge in [-0.25, -0.2) is 4.39 Å². The van der Waals surface area contributed by atoms with Crippen molar-refractivity contribution >= 4 is 0 Å². The van der Waals surface area contributed by atoms with E-state index in [2.05, 4.69) is 5.32 Å². The Morgan fingerprint density at radius 2 is 2.00 bits per heavy atom. The highest BCUT2D eigenvalue weighted by Crippen LogP contribution is 2.30. The van der Waals surface area contributed by atoms with Crippen molar-refractivity contribution in [2.75, 3.05) is 13.1 Å². The second-order valence-corrected chi connectivity index (χ2v) is 4.87. The fourth-order valence-electron chi connectivity index (χ4n) is 2.31. The van der Waals surface area contributed by atoms with E-state index in [0.29, 0.717) is 5.92 Å². The molecular formula is C14H20FNO. The van der Waals surface area contributed by atoms with E-state index >= 15 is 0 Å². The molecule has 0 bridgehead atoms. The summed E-state index contributed by atoms with van der Waals surface area (Å²) in [6.07, 6.45) is 2.13. The molecule has 1 N–H and O–H groups in total. The summed E-state index contributed by atoms with van der Waals surface area (Å²) in [5, 5.41) is 3.30. The largest absolute Gasteiger partial charge is 0.491 e. The summed E-state index contributed by atoms with van der Waals surface area (Å²) in [5.41, 5.74) is 0.810. The zero-order valence-electron chi connectivity index (χ0n) is 10.5. The van der Waals surface area contributed by atoms with Gasteiger partial charge in [-0.15, -0.1) is 0 Å². The average Bonchev–Trinajstić information content (AvgIpc) is 2.32. The minimum atomic E-state index is -0.104. The number of rotatable bonds is 3. The van der Waals surface area contributed by atoms with Crippen molar-refractivity contribution in [1.29, 1.82) is 0 Å². The molecule has 17 heavy (non-hydrogen) atoms. The Balaban J connectivity index is 2.19. The summed E-state index contributed by atoms with van der Waals surface area (Å²) in [6.45, 7) is 5.90. The summed E-state index contributed by atoms with van der Waals surface area (Å²) < 4.78 is 19.4. The van der Waals surface area contributed by atoms with Crippen molar-refractivity contribution in [1.82, 2.24) is 5.32 Å².